The average molecular weight is 449 g/mol. The fraction of sp³-hybridized carbons (Fsp3) is 0.190. The van der Waals surface area contributed by atoms with Crippen molar-refractivity contribution in [1.29, 1.82) is 0 Å². The van der Waals surface area contributed by atoms with Crippen molar-refractivity contribution in [2.75, 3.05) is 25.3 Å². The Labute approximate surface area is 180 Å². The molecule has 0 saturated heterocycles. The number of rotatable bonds is 7. The number of nitrogens with zero attached hydrogens (tertiary/aromatic N) is 2. The molecule has 1 amide bonds. The van der Waals surface area contributed by atoms with Crippen molar-refractivity contribution in [2.24, 2.45) is 0 Å². The average Bonchev–Trinajstić information content (AvgIpc) is 2.77. The number of benzene rings is 2. The Balaban J connectivity index is 1.66. The van der Waals surface area contributed by atoms with Gasteiger partial charge in [0.05, 0.1) is 36.9 Å². The van der Waals surface area contributed by atoms with E-state index in [0.29, 0.717) is 27.8 Å². The molecule has 1 N–H and O–H groups in total. The van der Waals surface area contributed by atoms with Gasteiger partial charge in [-0.1, -0.05) is 23.9 Å². The predicted molar refractivity (Wildman–Crippen MR) is 111 cm³/mol. The van der Waals surface area contributed by atoms with E-state index in [0.717, 1.165) is 17.8 Å². The fourth-order valence-electron chi connectivity index (χ4n) is 2.72. The number of anilines is 1. The highest BCUT2D eigenvalue weighted by atomic mass is 32.2. The quantitative estimate of drug-likeness (QED) is 0.517. The largest absolute Gasteiger partial charge is 0.497 e. The standard InChI is InChI=1S/C21H18F3N3O3S/c1-29-13-7-9-18(30-2)14(11-13)16-8-10-20(27-26-16)31-12-19(28)25-17-6-4-3-5-15(17)21(22,23)24/h3-11H,12H2,1-2H3,(H,25,28). The van der Waals surface area contributed by atoms with Gasteiger partial charge in [0.25, 0.3) is 0 Å². The second kappa shape index (κ2) is 9.69. The Bertz CT molecular complexity index is 1060. The number of ether oxygens (including phenoxy) is 2. The number of nitrogens with one attached hydrogen (secondary N) is 1. The van der Waals surface area contributed by atoms with Crippen LogP contribution in [0.2, 0.25) is 0 Å². The van der Waals surface area contributed by atoms with Gasteiger partial charge in [-0.15, -0.1) is 10.2 Å². The lowest BCUT2D eigenvalue weighted by molar-refractivity contribution is -0.137. The van der Waals surface area contributed by atoms with Gasteiger partial charge >= 0.3 is 6.18 Å². The maximum Gasteiger partial charge on any atom is 0.418 e. The van der Waals surface area contributed by atoms with Crippen molar-refractivity contribution in [3.8, 4) is 22.8 Å². The summed E-state index contributed by atoms with van der Waals surface area (Å²) < 4.78 is 49.7. The molecule has 2 aromatic carbocycles. The zero-order chi connectivity index (χ0) is 22.4. The van der Waals surface area contributed by atoms with E-state index in [4.69, 9.17) is 9.47 Å². The van der Waals surface area contributed by atoms with Crippen molar-refractivity contribution in [1.82, 2.24) is 10.2 Å². The summed E-state index contributed by atoms with van der Waals surface area (Å²) in [5.74, 6) is 0.523. The maximum atomic E-state index is 13.0. The topological polar surface area (TPSA) is 73.3 Å². The van der Waals surface area contributed by atoms with E-state index >= 15 is 0 Å². The number of halogens is 3. The number of amides is 1. The minimum absolute atomic E-state index is 0.122. The van der Waals surface area contributed by atoms with Gasteiger partial charge in [0.1, 0.15) is 16.5 Å². The van der Waals surface area contributed by atoms with Crippen LogP contribution in [-0.2, 0) is 11.0 Å². The van der Waals surface area contributed by atoms with E-state index in [2.05, 4.69) is 15.5 Å². The summed E-state index contributed by atoms with van der Waals surface area (Å²) in [5, 5.41) is 11.0. The van der Waals surface area contributed by atoms with Gasteiger partial charge in [0.2, 0.25) is 5.91 Å². The number of aromatic nitrogens is 2. The molecule has 0 aliphatic rings. The van der Waals surface area contributed by atoms with Crippen molar-refractivity contribution >= 4 is 23.4 Å². The lowest BCUT2D eigenvalue weighted by atomic mass is 10.1. The Morgan fingerprint density at radius 3 is 2.45 bits per heavy atom. The molecule has 6 nitrogen and oxygen atoms in total. The van der Waals surface area contributed by atoms with E-state index in [1.54, 1.807) is 44.6 Å². The summed E-state index contributed by atoms with van der Waals surface area (Å²) in [6.07, 6.45) is -4.56. The molecule has 0 atom stereocenters. The lowest BCUT2D eigenvalue weighted by Crippen LogP contribution is -2.18. The molecule has 31 heavy (non-hydrogen) atoms. The highest BCUT2D eigenvalue weighted by molar-refractivity contribution is 7.99. The molecular weight excluding hydrogens is 431 g/mol. The Morgan fingerprint density at radius 1 is 1.03 bits per heavy atom. The summed E-state index contributed by atoms with van der Waals surface area (Å²) in [5.41, 5.74) is 0.0490. The zero-order valence-corrected chi connectivity index (χ0v) is 17.4. The Hall–Kier alpha value is -3.27. The molecule has 1 aromatic heterocycles. The smallest absolute Gasteiger partial charge is 0.418 e. The summed E-state index contributed by atoms with van der Waals surface area (Å²) in [6.45, 7) is 0. The highest BCUT2D eigenvalue weighted by Crippen LogP contribution is 2.35. The molecule has 0 spiro atoms. The number of carbonyl (C=O) groups excluding carboxylic acids is 1. The van der Waals surface area contributed by atoms with Crippen LogP contribution < -0.4 is 14.8 Å². The summed E-state index contributed by atoms with van der Waals surface area (Å²) >= 11 is 1.06. The molecule has 0 fully saturated rings. The third kappa shape index (κ3) is 5.66. The van der Waals surface area contributed by atoms with Crippen LogP contribution in [0.4, 0.5) is 18.9 Å². The number of thioether (sulfide) groups is 1. The number of carbonyl (C=O) groups is 1. The zero-order valence-electron chi connectivity index (χ0n) is 16.6. The lowest BCUT2D eigenvalue weighted by Gasteiger charge is -2.13. The number of para-hydroxylation sites is 1. The van der Waals surface area contributed by atoms with Gasteiger partial charge < -0.3 is 14.8 Å². The third-order valence-electron chi connectivity index (χ3n) is 4.18. The molecule has 0 aliphatic heterocycles. The molecule has 0 bridgehead atoms. The normalized spacial score (nSPS) is 11.1. The van der Waals surface area contributed by atoms with Crippen LogP contribution >= 0.6 is 11.8 Å². The van der Waals surface area contributed by atoms with E-state index in [-0.39, 0.29) is 11.4 Å². The monoisotopic (exact) mass is 449 g/mol. The SMILES string of the molecule is COc1ccc(OC)c(-c2ccc(SCC(=O)Nc3ccccc3C(F)(F)F)nn2)c1. The number of hydrogen-bond donors (Lipinski definition) is 1. The number of alkyl halides is 3. The van der Waals surface area contributed by atoms with Crippen molar-refractivity contribution in [2.45, 2.75) is 11.2 Å². The fourth-order valence-corrected chi connectivity index (χ4v) is 3.33. The van der Waals surface area contributed by atoms with Crippen LogP contribution in [0.1, 0.15) is 5.56 Å². The van der Waals surface area contributed by atoms with Crippen LogP contribution in [0.15, 0.2) is 59.6 Å². The van der Waals surface area contributed by atoms with E-state index in [9.17, 15) is 18.0 Å². The molecule has 10 heteroatoms. The van der Waals surface area contributed by atoms with Crippen LogP contribution in [0.25, 0.3) is 11.3 Å². The first-order valence-corrected chi connectivity index (χ1v) is 9.95. The second-order valence-electron chi connectivity index (χ2n) is 6.20. The first-order chi connectivity index (χ1) is 14.8. The minimum atomic E-state index is -4.56. The first kappa shape index (κ1) is 22.4. The maximum absolute atomic E-state index is 13.0. The molecule has 0 saturated carbocycles. The van der Waals surface area contributed by atoms with E-state index in [1.165, 1.54) is 18.2 Å². The number of hydrogen-bond acceptors (Lipinski definition) is 6. The molecule has 0 radical (unpaired) electrons. The van der Waals surface area contributed by atoms with Crippen molar-refractivity contribution in [3.05, 3.63) is 60.2 Å². The van der Waals surface area contributed by atoms with Crippen molar-refractivity contribution < 1.29 is 27.4 Å². The highest BCUT2D eigenvalue weighted by Gasteiger charge is 2.33. The van der Waals surface area contributed by atoms with Gasteiger partial charge in [-0.3, -0.25) is 4.79 Å². The van der Waals surface area contributed by atoms with Gasteiger partial charge in [0, 0.05) is 5.56 Å². The molecule has 162 valence electrons. The van der Waals surface area contributed by atoms with E-state index < -0.39 is 17.6 Å². The summed E-state index contributed by atoms with van der Waals surface area (Å²) in [7, 11) is 3.09. The molecule has 0 aliphatic carbocycles. The summed E-state index contributed by atoms with van der Waals surface area (Å²) in [6, 6.07) is 13.5. The van der Waals surface area contributed by atoms with Crippen LogP contribution in [0.5, 0.6) is 11.5 Å². The third-order valence-corrected chi connectivity index (χ3v) is 5.10. The Morgan fingerprint density at radius 2 is 1.81 bits per heavy atom. The molecule has 1 heterocycles. The van der Waals surface area contributed by atoms with Gasteiger partial charge in [0.15, 0.2) is 0 Å². The Kier molecular flexibility index (Phi) is 7.01. The van der Waals surface area contributed by atoms with Crippen LogP contribution in [0.3, 0.4) is 0 Å². The molecule has 0 unspecified atom stereocenters. The molecule has 3 aromatic rings. The minimum Gasteiger partial charge on any atom is -0.497 e. The van der Waals surface area contributed by atoms with Crippen molar-refractivity contribution in [3.63, 3.8) is 0 Å². The van der Waals surface area contributed by atoms with E-state index in [1.807, 2.05) is 0 Å². The number of methoxy groups -OCH3 is 2. The van der Waals surface area contributed by atoms with Crippen LogP contribution in [-0.4, -0.2) is 36.1 Å². The van der Waals surface area contributed by atoms with Gasteiger partial charge in [-0.25, -0.2) is 0 Å². The van der Waals surface area contributed by atoms with Gasteiger partial charge in [-0.2, -0.15) is 13.2 Å². The molecular formula is C21H18F3N3O3S. The molecule has 3 rings (SSSR count). The van der Waals surface area contributed by atoms with Crippen LogP contribution in [0, 0.1) is 0 Å². The predicted octanol–water partition coefficient (Wildman–Crippen LogP) is 4.91. The summed E-state index contributed by atoms with van der Waals surface area (Å²) in [4.78, 5) is 12.1. The first-order valence-electron chi connectivity index (χ1n) is 8.97. The van der Waals surface area contributed by atoms with Gasteiger partial charge in [-0.05, 0) is 42.5 Å². The second-order valence-corrected chi connectivity index (χ2v) is 7.20.